The van der Waals surface area contributed by atoms with E-state index in [2.05, 4.69) is 33.9 Å². The van der Waals surface area contributed by atoms with Crippen molar-refractivity contribution < 1.29 is 9.59 Å². The van der Waals surface area contributed by atoms with E-state index < -0.39 is 0 Å². The van der Waals surface area contributed by atoms with Gasteiger partial charge >= 0.3 is 0 Å². The molecule has 0 aliphatic rings. The van der Waals surface area contributed by atoms with Crippen molar-refractivity contribution in [1.82, 2.24) is 10.2 Å². The van der Waals surface area contributed by atoms with E-state index in [1.807, 2.05) is 6.92 Å². The van der Waals surface area contributed by atoms with Crippen LogP contribution >= 0.6 is 28.6 Å². The van der Waals surface area contributed by atoms with Crippen molar-refractivity contribution in [1.29, 1.82) is 0 Å². The van der Waals surface area contributed by atoms with Gasteiger partial charge in [0.1, 0.15) is 0 Å². The number of carbonyl (C=O) groups excluding carboxylic acids is 2. The number of hydrogen-bond donors (Lipinski definition) is 2. The summed E-state index contributed by atoms with van der Waals surface area (Å²) in [6, 6.07) is 5.27. The summed E-state index contributed by atoms with van der Waals surface area (Å²) in [6.07, 6.45) is 0.793. The number of rotatable bonds is 5. The zero-order valence-corrected chi connectivity index (χ0v) is 13.4. The molecule has 6 heteroatoms. The van der Waals surface area contributed by atoms with E-state index in [9.17, 15) is 9.59 Å². The fourth-order valence-electron chi connectivity index (χ4n) is 1.62. The lowest BCUT2D eigenvalue weighted by atomic mass is 10.2. The minimum absolute atomic E-state index is 0.0619. The maximum atomic E-state index is 12.4. The van der Waals surface area contributed by atoms with Gasteiger partial charge in [-0.05, 0) is 40.5 Å². The first-order chi connectivity index (χ1) is 8.99. The van der Waals surface area contributed by atoms with E-state index in [0.717, 1.165) is 6.42 Å². The van der Waals surface area contributed by atoms with Crippen LogP contribution in [0.15, 0.2) is 27.6 Å². The molecule has 0 atom stereocenters. The molecule has 0 unspecified atom stereocenters. The summed E-state index contributed by atoms with van der Waals surface area (Å²) in [5, 5.41) is 2.53. The largest absolute Gasteiger partial charge is 0.358 e. The van der Waals surface area contributed by atoms with Crippen LogP contribution in [0.2, 0.25) is 0 Å². The Hall–Kier alpha value is -1.01. The van der Waals surface area contributed by atoms with Gasteiger partial charge < -0.3 is 10.2 Å². The van der Waals surface area contributed by atoms with Crippen LogP contribution in [0.4, 0.5) is 0 Å². The molecule has 1 rings (SSSR count). The highest BCUT2D eigenvalue weighted by atomic mass is 79.9. The molecular formula is C13H17BrN2O2S. The van der Waals surface area contributed by atoms with Crippen molar-refractivity contribution >= 4 is 40.4 Å². The maximum Gasteiger partial charge on any atom is 0.255 e. The standard InChI is InChI=1S/C13H17BrN2O2S/c1-3-6-16(8-12(17)15-2)13(18)10-7-9(19)4-5-11(10)14/h4-5,7,19H,3,6,8H2,1-2H3,(H,15,17). The average Bonchev–Trinajstić information content (AvgIpc) is 2.40. The summed E-state index contributed by atoms with van der Waals surface area (Å²) in [5.74, 6) is -0.354. The van der Waals surface area contributed by atoms with Gasteiger partial charge in [0.2, 0.25) is 5.91 Å². The monoisotopic (exact) mass is 344 g/mol. The van der Waals surface area contributed by atoms with Crippen LogP contribution in [0.5, 0.6) is 0 Å². The topological polar surface area (TPSA) is 49.4 Å². The molecule has 0 aromatic heterocycles. The first-order valence-corrected chi connectivity index (χ1v) is 7.22. The molecule has 0 bridgehead atoms. The van der Waals surface area contributed by atoms with Crippen molar-refractivity contribution in [3.05, 3.63) is 28.2 Å². The lowest BCUT2D eigenvalue weighted by Crippen LogP contribution is -2.40. The first kappa shape index (κ1) is 16.0. The van der Waals surface area contributed by atoms with Gasteiger partial charge in [0.25, 0.3) is 5.91 Å². The van der Waals surface area contributed by atoms with Gasteiger partial charge in [0.15, 0.2) is 0 Å². The second-order valence-electron chi connectivity index (χ2n) is 4.06. The van der Waals surface area contributed by atoms with E-state index in [-0.39, 0.29) is 18.4 Å². The molecule has 0 saturated heterocycles. The van der Waals surface area contributed by atoms with Crippen molar-refractivity contribution in [2.75, 3.05) is 20.1 Å². The second kappa shape index (κ2) is 7.55. The van der Waals surface area contributed by atoms with E-state index in [0.29, 0.717) is 21.5 Å². The molecule has 0 heterocycles. The second-order valence-corrected chi connectivity index (χ2v) is 5.43. The van der Waals surface area contributed by atoms with Crippen LogP contribution in [0.25, 0.3) is 0 Å². The molecule has 19 heavy (non-hydrogen) atoms. The molecule has 1 N–H and O–H groups in total. The lowest BCUT2D eigenvalue weighted by Gasteiger charge is -2.22. The van der Waals surface area contributed by atoms with Gasteiger partial charge in [0.05, 0.1) is 12.1 Å². The predicted octanol–water partition coefficient (Wildman–Crippen LogP) is 2.34. The Labute approximate surface area is 127 Å². The Morgan fingerprint density at radius 2 is 2.11 bits per heavy atom. The molecule has 1 aromatic rings. The Bertz CT molecular complexity index is 480. The van der Waals surface area contributed by atoms with Crippen LogP contribution < -0.4 is 5.32 Å². The molecular weight excluding hydrogens is 328 g/mol. The number of nitrogens with zero attached hydrogens (tertiary/aromatic N) is 1. The predicted molar refractivity (Wildman–Crippen MR) is 81.7 cm³/mol. The normalized spacial score (nSPS) is 10.1. The number of halogens is 1. The van der Waals surface area contributed by atoms with Gasteiger partial charge in [-0.15, -0.1) is 12.6 Å². The number of benzene rings is 1. The van der Waals surface area contributed by atoms with Gasteiger partial charge in [-0.2, -0.15) is 0 Å². The number of nitrogens with one attached hydrogen (secondary N) is 1. The molecule has 0 fully saturated rings. The minimum Gasteiger partial charge on any atom is -0.358 e. The van der Waals surface area contributed by atoms with Crippen LogP contribution in [0.1, 0.15) is 23.7 Å². The van der Waals surface area contributed by atoms with E-state index in [1.165, 1.54) is 4.90 Å². The summed E-state index contributed by atoms with van der Waals surface area (Å²) in [7, 11) is 1.56. The Balaban J connectivity index is 2.98. The van der Waals surface area contributed by atoms with Crippen molar-refractivity contribution in [3.8, 4) is 0 Å². The molecule has 2 amide bonds. The highest BCUT2D eigenvalue weighted by molar-refractivity contribution is 9.10. The third-order valence-corrected chi connectivity index (χ3v) is 3.54. The highest BCUT2D eigenvalue weighted by Crippen LogP contribution is 2.22. The molecule has 104 valence electrons. The van der Waals surface area contributed by atoms with Crippen LogP contribution in [0.3, 0.4) is 0 Å². The average molecular weight is 345 g/mol. The van der Waals surface area contributed by atoms with Crippen LogP contribution in [0, 0.1) is 0 Å². The number of carbonyl (C=O) groups is 2. The van der Waals surface area contributed by atoms with Crippen molar-refractivity contribution in [3.63, 3.8) is 0 Å². The SMILES string of the molecule is CCCN(CC(=O)NC)C(=O)c1cc(S)ccc1Br. The summed E-state index contributed by atoms with van der Waals surface area (Å²) in [6.45, 7) is 2.57. The summed E-state index contributed by atoms with van der Waals surface area (Å²) in [4.78, 5) is 26.1. The molecule has 0 radical (unpaired) electrons. The van der Waals surface area contributed by atoms with Crippen LogP contribution in [-0.4, -0.2) is 36.9 Å². The third kappa shape index (κ3) is 4.54. The Morgan fingerprint density at radius 1 is 1.42 bits per heavy atom. The smallest absolute Gasteiger partial charge is 0.255 e. The quantitative estimate of drug-likeness (QED) is 0.805. The zero-order chi connectivity index (χ0) is 14.4. The van der Waals surface area contributed by atoms with E-state index >= 15 is 0 Å². The number of amides is 2. The fourth-order valence-corrected chi connectivity index (χ4v) is 2.24. The lowest BCUT2D eigenvalue weighted by molar-refractivity contribution is -0.121. The van der Waals surface area contributed by atoms with E-state index in [4.69, 9.17) is 0 Å². The minimum atomic E-state index is -0.181. The molecule has 0 spiro atoms. The molecule has 0 saturated carbocycles. The fraction of sp³-hybridized carbons (Fsp3) is 0.385. The summed E-state index contributed by atoms with van der Waals surface area (Å²) < 4.78 is 0.702. The first-order valence-electron chi connectivity index (χ1n) is 5.98. The van der Waals surface area contributed by atoms with Gasteiger partial charge in [-0.25, -0.2) is 0 Å². The highest BCUT2D eigenvalue weighted by Gasteiger charge is 2.19. The summed E-state index contributed by atoms with van der Waals surface area (Å²) >= 11 is 7.59. The van der Waals surface area contributed by atoms with Gasteiger partial charge in [-0.1, -0.05) is 6.92 Å². The van der Waals surface area contributed by atoms with Gasteiger partial charge in [-0.3, -0.25) is 9.59 Å². The van der Waals surface area contributed by atoms with Crippen molar-refractivity contribution in [2.24, 2.45) is 0 Å². The van der Waals surface area contributed by atoms with Gasteiger partial charge in [0, 0.05) is 23.0 Å². The summed E-state index contributed by atoms with van der Waals surface area (Å²) in [5.41, 5.74) is 0.518. The Kier molecular flexibility index (Phi) is 6.37. The zero-order valence-electron chi connectivity index (χ0n) is 10.9. The Morgan fingerprint density at radius 3 is 2.68 bits per heavy atom. The van der Waals surface area contributed by atoms with Crippen molar-refractivity contribution in [2.45, 2.75) is 18.2 Å². The molecule has 4 nitrogen and oxygen atoms in total. The van der Waals surface area contributed by atoms with E-state index in [1.54, 1.807) is 25.2 Å². The number of likely N-dealkylation sites (N-methyl/N-ethyl adjacent to an activating group) is 1. The molecule has 1 aromatic carbocycles. The third-order valence-electron chi connectivity index (χ3n) is 2.57. The molecule has 0 aliphatic carbocycles. The number of thiol groups is 1. The molecule has 0 aliphatic heterocycles. The maximum absolute atomic E-state index is 12.4. The van der Waals surface area contributed by atoms with Crippen LogP contribution in [-0.2, 0) is 4.79 Å². The number of hydrogen-bond acceptors (Lipinski definition) is 3.